The molecular weight excluding hydrogens is 371 g/mol. The standard InChI is InChI=1S/C8H21N3.C5H13N.C3H7N.C2H5N.2ClH/c1-3-6-11(7-4-9)8-5-10-2;1-3-5(2)4-6;1-2-3-4;1-2-3-1;;/h10H,3-9H2,1-2H3;5H,3-4,6H2,1-2H3;2H,1,3-4H2;3H,1-2H2;2*1H. The molecule has 0 radical (unpaired) electrons. The van der Waals surface area contributed by atoms with Gasteiger partial charge >= 0.3 is 0 Å². The van der Waals surface area contributed by atoms with E-state index in [-0.39, 0.29) is 24.8 Å². The van der Waals surface area contributed by atoms with E-state index >= 15 is 0 Å². The molecule has 8 N–H and O–H groups in total. The number of rotatable bonds is 10. The Morgan fingerprint density at radius 1 is 1.12 bits per heavy atom. The lowest BCUT2D eigenvalue weighted by Crippen LogP contribution is -2.35. The van der Waals surface area contributed by atoms with E-state index in [1.165, 1.54) is 32.5 Å². The SMILES string of the molecule is C1CN1.C=CCN.CCC(C)CN.CCCN(CCN)CCNC.Cl.Cl. The fourth-order valence-electron chi connectivity index (χ4n) is 1.27. The van der Waals surface area contributed by atoms with Gasteiger partial charge < -0.3 is 32.7 Å². The number of halogens is 2. The second kappa shape index (κ2) is 36.1. The Morgan fingerprint density at radius 2 is 1.62 bits per heavy atom. The summed E-state index contributed by atoms with van der Waals surface area (Å²) in [5.74, 6) is 0.713. The lowest BCUT2D eigenvalue weighted by atomic mass is 10.1. The average Bonchev–Trinajstić information content (AvgIpc) is 3.49. The van der Waals surface area contributed by atoms with Gasteiger partial charge in [-0.25, -0.2) is 0 Å². The van der Waals surface area contributed by atoms with Crippen molar-refractivity contribution >= 4 is 24.8 Å². The molecule has 1 atom stereocenters. The molecule has 1 rings (SSSR count). The van der Waals surface area contributed by atoms with Gasteiger partial charge in [0.25, 0.3) is 0 Å². The van der Waals surface area contributed by atoms with Gasteiger partial charge in [-0.15, -0.1) is 31.4 Å². The van der Waals surface area contributed by atoms with E-state index in [9.17, 15) is 0 Å². The Balaban J connectivity index is -0.0000000828. The number of nitrogens with one attached hydrogen (secondary N) is 2. The van der Waals surface area contributed by atoms with Crippen LogP contribution in [0.25, 0.3) is 0 Å². The van der Waals surface area contributed by atoms with Gasteiger partial charge in [-0.3, -0.25) is 0 Å². The molecule has 1 fully saturated rings. The van der Waals surface area contributed by atoms with Gasteiger partial charge in [0.2, 0.25) is 0 Å². The maximum absolute atomic E-state index is 5.47. The molecule has 1 unspecified atom stereocenters. The summed E-state index contributed by atoms with van der Waals surface area (Å²) in [5.41, 5.74) is 15.7. The zero-order chi connectivity index (χ0) is 19.1. The Labute approximate surface area is 175 Å². The first kappa shape index (κ1) is 36.9. The highest BCUT2D eigenvalue weighted by molar-refractivity contribution is 5.85. The molecule has 0 aromatic rings. The van der Waals surface area contributed by atoms with Crippen molar-refractivity contribution < 1.29 is 0 Å². The fourth-order valence-corrected chi connectivity index (χ4v) is 1.27. The minimum absolute atomic E-state index is 0. The predicted molar refractivity (Wildman–Crippen MR) is 125 cm³/mol. The third-order valence-electron chi connectivity index (χ3n) is 3.18. The molecule has 0 saturated carbocycles. The first-order chi connectivity index (χ1) is 11.6. The largest absolute Gasteiger partial charge is 0.330 e. The highest BCUT2D eigenvalue weighted by Gasteiger charge is 1.99. The first-order valence-electron chi connectivity index (χ1n) is 9.36. The van der Waals surface area contributed by atoms with Gasteiger partial charge in [-0.05, 0) is 32.5 Å². The second-order valence-corrected chi connectivity index (χ2v) is 5.76. The van der Waals surface area contributed by atoms with Gasteiger partial charge in [0, 0.05) is 45.8 Å². The van der Waals surface area contributed by atoms with Gasteiger partial charge in [0.1, 0.15) is 0 Å². The third-order valence-corrected chi connectivity index (χ3v) is 3.18. The molecule has 26 heavy (non-hydrogen) atoms. The Morgan fingerprint density at radius 3 is 1.81 bits per heavy atom. The first-order valence-corrected chi connectivity index (χ1v) is 9.36. The normalized spacial score (nSPS) is 11.7. The van der Waals surface area contributed by atoms with E-state index in [0.29, 0.717) is 12.5 Å². The van der Waals surface area contributed by atoms with Crippen molar-refractivity contribution in [3.8, 4) is 0 Å². The van der Waals surface area contributed by atoms with Crippen LogP contribution in [0.2, 0.25) is 0 Å². The highest BCUT2D eigenvalue weighted by atomic mass is 35.5. The summed E-state index contributed by atoms with van der Waals surface area (Å²) in [6.07, 6.45) is 4.07. The summed E-state index contributed by atoms with van der Waals surface area (Å²) in [6, 6.07) is 0. The minimum Gasteiger partial charge on any atom is -0.330 e. The molecule has 0 spiro atoms. The maximum atomic E-state index is 5.47. The summed E-state index contributed by atoms with van der Waals surface area (Å²) in [4.78, 5) is 2.39. The van der Waals surface area contributed by atoms with E-state index in [2.05, 4.69) is 42.9 Å². The second-order valence-electron chi connectivity index (χ2n) is 5.76. The van der Waals surface area contributed by atoms with Crippen molar-refractivity contribution in [1.82, 2.24) is 15.5 Å². The van der Waals surface area contributed by atoms with E-state index in [1.54, 1.807) is 6.08 Å². The van der Waals surface area contributed by atoms with Crippen molar-refractivity contribution in [2.24, 2.45) is 23.1 Å². The lowest BCUT2D eigenvalue weighted by Gasteiger charge is -2.20. The number of likely N-dealkylation sites (N-methyl/N-ethyl adjacent to an activating group) is 1. The number of hydrogen-bond donors (Lipinski definition) is 5. The number of nitrogens with two attached hydrogens (primary N) is 3. The van der Waals surface area contributed by atoms with Crippen molar-refractivity contribution in [2.75, 3.05) is 66.0 Å². The van der Waals surface area contributed by atoms with Crippen LogP contribution in [0.15, 0.2) is 12.7 Å². The third kappa shape index (κ3) is 49.6. The van der Waals surface area contributed by atoms with Crippen LogP contribution in [0, 0.1) is 5.92 Å². The molecule has 8 heteroatoms. The van der Waals surface area contributed by atoms with Crippen LogP contribution in [0.5, 0.6) is 0 Å². The van der Waals surface area contributed by atoms with Gasteiger partial charge in [-0.1, -0.05) is 33.3 Å². The van der Waals surface area contributed by atoms with Crippen LogP contribution in [-0.2, 0) is 0 Å². The predicted octanol–water partition coefficient (Wildman–Crippen LogP) is 1.43. The molecule has 0 aromatic carbocycles. The van der Waals surface area contributed by atoms with Crippen LogP contribution < -0.4 is 27.8 Å². The van der Waals surface area contributed by atoms with Gasteiger partial charge in [-0.2, -0.15) is 0 Å². The molecule has 0 bridgehead atoms. The minimum atomic E-state index is 0. The van der Waals surface area contributed by atoms with Crippen molar-refractivity contribution in [2.45, 2.75) is 33.6 Å². The monoisotopic (exact) mass is 418 g/mol. The van der Waals surface area contributed by atoms with Gasteiger partial charge in [0.15, 0.2) is 0 Å². The van der Waals surface area contributed by atoms with Crippen LogP contribution in [-0.4, -0.2) is 70.9 Å². The topological polar surface area (TPSA) is 115 Å². The number of hydrogen-bond acceptors (Lipinski definition) is 6. The van der Waals surface area contributed by atoms with Crippen LogP contribution in [0.4, 0.5) is 0 Å². The molecule has 1 heterocycles. The fraction of sp³-hybridized carbons (Fsp3) is 0.889. The summed E-state index contributed by atoms with van der Waals surface area (Å²) in [6.45, 7) is 18.9. The molecule has 164 valence electrons. The van der Waals surface area contributed by atoms with E-state index in [4.69, 9.17) is 17.2 Å². The molecular formula is C18H48Cl2N6. The molecule has 1 aliphatic rings. The van der Waals surface area contributed by atoms with Gasteiger partial charge in [0.05, 0.1) is 0 Å². The van der Waals surface area contributed by atoms with Crippen LogP contribution in [0.1, 0.15) is 33.6 Å². The zero-order valence-electron chi connectivity index (χ0n) is 17.6. The highest BCUT2D eigenvalue weighted by Crippen LogP contribution is 1.93. The van der Waals surface area contributed by atoms with Crippen LogP contribution in [0.3, 0.4) is 0 Å². The Hall–Kier alpha value is 0.0800. The number of nitrogens with zero attached hydrogens (tertiary/aromatic N) is 1. The zero-order valence-corrected chi connectivity index (χ0v) is 19.3. The summed E-state index contributed by atoms with van der Waals surface area (Å²) >= 11 is 0. The Bertz CT molecular complexity index is 209. The maximum Gasteiger partial charge on any atom is 0.0107 e. The van der Waals surface area contributed by atoms with Crippen molar-refractivity contribution in [3.05, 3.63) is 12.7 Å². The summed E-state index contributed by atoms with van der Waals surface area (Å²) in [7, 11) is 1.98. The quantitative estimate of drug-likeness (QED) is 0.270. The molecule has 1 aliphatic heterocycles. The average molecular weight is 420 g/mol. The summed E-state index contributed by atoms with van der Waals surface area (Å²) in [5, 5.41) is 6.13. The Kier molecular flexibility index (Phi) is 51.2. The van der Waals surface area contributed by atoms with E-state index < -0.39 is 0 Å². The molecule has 1 saturated heterocycles. The summed E-state index contributed by atoms with van der Waals surface area (Å²) < 4.78 is 0. The van der Waals surface area contributed by atoms with E-state index in [0.717, 1.165) is 32.7 Å². The molecule has 6 nitrogen and oxygen atoms in total. The van der Waals surface area contributed by atoms with Crippen molar-refractivity contribution in [1.29, 1.82) is 0 Å². The van der Waals surface area contributed by atoms with E-state index in [1.807, 2.05) is 7.05 Å². The smallest absolute Gasteiger partial charge is 0.0107 e. The molecule has 0 aromatic heterocycles. The molecule has 0 amide bonds. The van der Waals surface area contributed by atoms with Crippen LogP contribution >= 0.6 is 24.8 Å². The lowest BCUT2D eigenvalue weighted by molar-refractivity contribution is 0.283. The molecule has 0 aliphatic carbocycles. The van der Waals surface area contributed by atoms with Crippen molar-refractivity contribution in [3.63, 3.8) is 0 Å².